The molecule has 4 N–H and O–H groups in total. The number of hydrogen-bond donors (Lipinski definition) is 3. The summed E-state index contributed by atoms with van der Waals surface area (Å²) < 4.78 is 0. The van der Waals surface area contributed by atoms with E-state index in [9.17, 15) is 0 Å². The van der Waals surface area contributed by atoms with Crippen molar-refractivity contribution < 1.29 is 0 Å². The molecular weight excluding hydrogens is 242 g/mol. The molecule has 0 saturated heterocycles. The fraction of sp³-hybridized carbons (Fsp3) is 0.333. The molecule has 0 spiro atoms. The summed E-state index contributed by atoms with van der Waals surface area (Å²) in [6.07, 6.45) is 5.01. The first-order valence-electron chi connectivity index (χ1n) is 5.97. The zero-order valence-corrected chi connectivity index (χ0v) is 11.0. The van der Waals surface area contributed by atoms with Crippen LogP contribution in [0.25, 0.3) is 0 Å². The molecule has 0 atom stereocenters. The van der Waals surface area contributed by atoms with Gasteiger partial charge in [0, 0.05) is 18.9 Å². The van der Waals surface area contributed by atoms with E-state index in [2.05, 4.69) is 30.6 Å². The van der Waals surface area contributed by atoms with E-state index in [1.165, 1.54) is 0 Å². The van der Waals surface area contributed by atoms with Gasteiger partial charge in [-0.2, -0.15) is 0 Å². The van der Waals surface area contributed by atoms with Crippen LogP contribution in [0.1, 0.15) is 17.1 Å². The molecule has 0 radical (unpaired) electrons. The summed E-state index contributed by atoms with van der Waals surface area (Å²) in [5.74, 6) is 1.85. The summed E-state index contributed by atoms with van der Waals surface area (Å²) in [5, 5.41) is 6.28. The van der Waals surface area contributed by atoms with E-state index in [-0.39, 0.29) is 0 Å². The van der Waals surface area contributed by atoms with Gasteiger partial charge < -0.3 is 16.4 Å². The van der Waals surface area contributed by atoms with Gasteiger partial charge in [0.05, 0.1) is 24.0 Å². The van der Waals surface area contributed by atoms with E-state index < -0.39 is 0 Å². The molecule has 7 heteroatoms. The molecule has 0 saturated carbocycles. The van der Waals surface area contributed by atoms with Crippen LogP contribution in [-0.4, -0.2) is 27.0 Å². The molecule has 0 aliphatic rings. The maximum atomic E-state index is 5.92. The second-order valence-electron chi connectivity index (χ2n) is 4.06. The third-order valence-electron chi connectivity index (χ3n) is 2.56. The summed E-state index contributed by atoms with van der Waals surface area (Å²) in [6.45, 7) is 2.96. The van der Waals surface area contributed by atoms with Crippen molar-refractivity contribution in [2.45, 2.75) is 20.0 Å². The fourth-order valence-electron chi connectivity index (χ4n) is 1.71. The normalized spacial score (nSPS) is 10.4. The van der Waals surface area contributed by atoms with Gasteiger partial charge in [0.2, 0.25) is 0 Å². The highest BCUT2D eigenvalue weighted by Crippen LogP contribution is 2.18. The van der Waals surface area contributed by atoms with Crippen LogP contribution in [0, 0.1) is 6.92 Å². The number of aromatic nitrogens is 4. The molecule has 0 aliphatic heterocycles. The minimum absolute atomic E-state index is 0.489. The number of hydrogen-bond acceptors (Lipinski definition) is 7. The Hall–Kier alpha value is -2.28. The third kappa shape index (κ3) is 3.35. The average Bonchev–Trinajstić information content (AvgIpc) is 2.41. The Morgan fingerprint density at radius 1 is 1.21 bits per heavy atom. The molecule has 0 unspecified atom stereocenters. The average molecular weight is 259 g/mol. The highest BCUT2D eigenvalue weighted by Gasteiger charge is 2.10. The van der Waals surface area contributed by atoms with E-state index in [1.807, 2.05) is 14.0 Å². The van der Waals surface area contributed by atoms with E-state index in [0.29, 0.717) is 24.7 Å². The van der Waals surface area contributed by atoms with Crippen molar-refractivity contribution in [3.05, 3.63) is 35.7 Å². The zero-order chi connectivity index (χ0) is 13.7. The van der Waals surface area contributed by atoms with Gasteiger partial charge in [0.25, 0.3) is 0 Å². The summed E-state index contributed by atoms with van der Waals surface area (Å²) >= 11 is 0. The topological polar surface area (TPSA) is 102 Å². The molecule has 7 nitrogen and oxygen atoms in total. The summed E-state index contributed by atoms with van der Waals surface area (Å²) in [6, 6.07) is 0. The van der Waals surface area contributed by atoms with Gasteiger partial charge in [0.1, 0.15) is 17.5 Å². The van der Waals surface area contributed by atoms with Gasteiger partial charge in [-0.05, 0) is 14.0 Å². The lowest BCUT2D eigenvalue weighted by molar-refractivity contribution is 0.805. The molecule has 2 aromatic heterocycles. The van der Waals surface area contributed by atoms with E-state index >= 15 is 0 Å². The molecule has 2 heterocycles. The maximum Gasteiger partial charge on any atom is 0.136 e. The van der Waals surface area contributed by atoms with Crippen LogP contribution in [0.2, 0.25) is 0 Å². The highest BCUT2D eigenvalue weighted by atomic mass is 15.1. The first kappa shape index (κ1) is 13.2. The van der Waals surface area contributed by atoms with Crippen molar-refractivity contribution in [3.8, 4) is 0 Å². The van der Waals surface area contributed by atoms with E-state index in [0.717, 1.165) is 17.1 Å². The van der Waals surface area contributed by atoms with Crippen LogP contribution in [0.4, 0.5) is 11.6 Å². The fourth-order valence-corrected chi connectivity index (χ4v) is 1.71. The molecule has 0 amide bonds. The SMILES string of the molecule is CNCc1c(N)nc(C)nc1NCc1cnccn1. The number of rotatable bonds is 5. The van der Waals surface area contributed by atoms with E-state index in [4.69, 9.17) is 5.73 Å². The van der Waals surface area contributed by atoms with Crippen LogP contribution < -0.4 is 16.4 Å². The predicted molar refractivity (Wildman–Crippen MR) is 73.3 cm³/mol. The molecular formula is C12H17N7. The summed E-state index contributed by atoms with van der Waals surface area (Å²) in [4.78, 5) is 16.8. The summed E-state index contributed by atoms with van der Waals surface area (Å²) in [5.41, 5.74) is 7.62. The van der Waals surface area contributed by atoms with Gasteiger partial charge in [-0.15, -0.1) is 0 Å². The van der Waals surface area contributed by atoms with Crippen molar-refractivity contribution in [1.29, 1.82) is 0 Å². The lowest BCUT2D eigenvalue weighted by Crippen LogP contribution is -2.15. The van der Waals surface area contributed by atoms with Crippen molar-refractivity contribution >= 4 is 11.6 Å². The minimum Gasteiger partial charge on any atom is -0.383 e. The third-order valence-corrected chi connectivity index (χ3v) is 2.56. The number of nitrogens with one attached hydrogen (secondary N) is 2. The van der Waals surface area contributed by atoms with E-state index in [1.54, 1.807) is 18.6 Å². The molecule has 0 aromatic carbocycles. The molecule has 0 aliphatic carbocycles. The number of nitrogen functional groups attached to an aromatic ring is 1. The van der Waals surface area contributed by atoms with Crippen LogP contribution in [0.5, 0.6) is 0 Å². The first-order chi connectivity index (χ1) is 9.20. The Bertz CT molecular complexity index is 541. The lowest BCUT2D eigenvalue weighted by Gasteiger charge is -2.13. The van der Waals surface area contributed by atoms with Gasteiger partial charge in [-0.25, -0.2) is 9.97 Å². The van der Waals surface area contributed by atoms with Gasteiger partial charge >= 0.3 is 0 Å². The number of nitrogens with two attached hydrogens (primary N) is 1. The summed E-state index contributed by atoms with van der Waals surface area (Å²) in [7, 11) is 1.85. The standard InChI is InChI=1S/C12H17N7/c1-8-18-11(13)10(7-14-2)12(19-8)17-6-9-5-15-3-4-16-9/h3-5,14H,6-7H2,1-2H3,(H3,13,17,18,19). The smallest absolute Gasteiger partial charge is 0.136 e. The van der Waals surface area contributed by atoms with Crippen molar-refractivity contribution in [1.82, 2.24) is 25.3 Å². The van der Waals surface area contributed by atoms with Gasteiger partial charge in [0.15, 0.2) is 0 Å². The van der Waals surface area contributed by atoms with Gasteiger partial charge in [-0.1, -0.05) is 0 Å². The highest BCUT2D eigenvalue weighted by molar-refractivity contribution is 5.55. The predicted octanol–water partition coefficient (Wildman–Crippen LogP) is 0.489. The van der Waals surface area contributed by atoms with Crippen LogP contribution >= 0.6 is 0 Å². The molecule has 2 aromatic rings. The van der Waals surface area contributed by atoms with Gasteiger partial charge in [-0.3, -0.25) is 9.97 Å². The Balaban J connectivity index is 2.19. The zero-order valence-electron chi connectivity index (χ0n) is 11.0. The molecule has 0 bridgehead atoms. The molecule has 2 rings (SSSR count). The minimum atomic E-state index is 0.489. The number of aryl methyl sites for hydroxylation is 1. The van der Waals surface area contributed by atoms with Crippen molar-refractivity contribution in [2.75, 3.05) is 18.1 Å². The molecule has 0 fully saturated rings. The van der Waals surface area contributed by atoms with Crippen LogP contribution in [0.3, 0.4) is 0 Å². The second kappa shape index (κ2) is 6.05. The van der Waals surface area contributed by atoms with Crippen LogP contribution in [0.15, 0.2) is 18.6 Å². The van der Waals surface area contributed by atoms with Crippen LogP contribution in [-0.2, 0) is 13.1 Å². The largest absolute Gasteiger partial charge is 0.383 e. The van der Waals surface area contributed by atoms with Crippen molar-refractivity contribution in [3.63, 3.8) is 0 Å². The number of nitrogens with zero attached hydrogens (tertiary/aromatic N) is 4. The monoisotopic (exact) mass is 259 g/mol. The Kier molecular flexibility index (Phi) is 4.19. The lowest BCUT2D eigenvalue weighted by atomic mass is 10.2. The number of anilines is 2. The molecule has 19 heavy (non-hydrogen) atoms. The molecule has 100 valence electrons. The Morgan fingerprint density at radius 2 is 2.05 bits per heavy atom. The van der Waals surface area contributed by atoms with Crippen molar-refractivity contribution in [2.24, 2.45) is 0 Å². The Morgan fingerprint density at radius 3 is 2.74 bits per heavy atom. The maximum absolute atomic E-state index is 5.92. The Labute approximate surface area is 111 Å². The first-order valence-corrected chi connectivity index (χ1v) is 5.97. The quantitative estimate of drug-likeness (QED) is 0.718. The second-order valence-corrected chi connectivity index (χ2v) is 4.06.